The van der Waals surface area contributed by atoms with Crippen molar-refractivity contribution in [3.05, 3.63) is 35.0 Å². The Morgan fingerprint density at radius 2 is 2.42 bits per heavy atom. The number of halogens is 1. The number of carbonyl (C=O) groups excluding carboxylic acids is 1. The summed E-state index contributed by atoms with van der Waals surface area (Å²) < 4.78 is 5.14. The number of carbonyl (C=O) groups is 1. The monoisotopic (exact) mass is 304 g/mol. The quantitative estimate of drug-likeness (QED) is 0.748. The van der Waals surface area contributed by atoms with E-state index in [1.165, 1.54) is 0 Å². The highest BCUT2D eigenvalue weighted by molar-refractivity contribution is 7.09. The van der Waals surface area contributed by atoms with Gasteiger partial charge in [0.05, 0.1) is 19.1 Å². The van der Waals surface area contributed by atoms with Gasteiger partial charge in [0.2, 0.25) is 5.91 Å². The van der Waals surface area contributed by atoms with Gasteiger partial charge in [0, 0.05) is 25.1 Å². The van der Waals surface area contributed by atoms with Crippen LogP contribution in [0.15, 0.2) is 30.2 Å². The van der Waals surface area contributed by atoms with E-state index >= 15 is 0 Å². The van der Waals surface area contributed by atoms with E-state index in [-0.39, 0.29) is 24.4 Å². The third kappa shape index (κ3) is 6.20. The average molecular weight is 305 g/mol. The first-order chi connectivity index (χ1) is 8.71. The number of rotatable bonds is 8. The van der Waals surface area contributed by atoms with Crippen LogP contribution >= 0.6 is 23.7 Å². The van der Waals surface area contributed by atoms with Gasteiger partial charge in [-0.05, 0) is 11.4 Å². The van der Waals surface area contributed by atoms with Crippen molar-refractivity contribution in [2.45, 2.75) is 19.1 Å². The van der Waals surface area contributed by atoms with Crippen LogP contribution < -0.4 is 5.73 Å². The molecule has 1 rings (SSSR count). The minimum atomic E-state index is -0.215. The second-order valence-electron chi connectivity index (χ2n) is 3.94. The topological polar surface area (TPSA) is 55.6 Å². The molecule has 0 saturated carbocycles. The smallest absolute Gasteiger partial charge is 0.225 e. The normalized spacial score (nSPS) is 11.5. The molecule has 19 heavy (non-hydrogen) atoms. The van der Waals surface area contributed by atoms with E-state index in [0.717, 1.165) is 4.88 Å². The number of nitrogens with zero attached hydrogens (tertiary/aromatic N) is 1. The van der Waals surface area contributed by atoms with Crippen LogP contribution in [0.25, 0.3) is 0 Å². The molecule has 0 spiro atoms. The van der Waals surface area contributed by atoms with Crippen molar-refractivity contribution in [3.63, 3.8) is 0 Å². The molecule has 1 unspecified atom stereocenters. The van der Waals surface area contributed by atoms with Gasteiger partial charge in [0.15, 0.2) is 0 Å². The van der Waals surface area contributed by atoms with Crippen LogP contribution in [0.5, 0.6) is 0 Å². The molecule has 0 bridgehead atoms. The molecule has 0 aliphatic carbocycles. The van der Waals surface area contributed by atoms with Gasteiger partial charge in [-0.25, -0.2) is 0 Å². The number of hydrogen-bond acceptors (Lipinski definition) is 4. The molecule has 1 amide bonds. The number of ether oxygens (including phenoxy) is 1. The molecule has 0 aromatic carbocycles. The lowest BCUT2D eigenvalue weighted by molar-refractivity contribution is -0.133. The first-order valence-corrected chi connectivity index (χ1v) is 6.73. The van der Waals surface area contributed by atoms with Gasteiger partial charge in [-0.2, -0.15) is 0 Å². The summed E-state index contributed by atoms with van der Waals surface area (Å²) in [6.07, 6.45) is 1.83. The van der Waals surface area contributed by atoms with Crippen LogP contribution in [0, 0.1) is 0 Å². The summed E-state index contributed by atoms with van der Waals surface area (Å²) >= 11 is 1.64. The number of methoxy groups -OCH3 is 1. The molecule has 0 saturated heterocycles. The average Bonchev–Trinajstić information content (AvgIpc) is 2.88. The Kier molecular flexibility index (Phi) is 9.51. The van der Waals surface area contributed by atoms with E-state index < -0.39 is 0 Å². The Balaban J connectivity index is 0.00000324. The van der Waals surface area contributed by atoms with E-state index in [0.29, 0.717) is 26.1 Å². The second-order valence-corrected chi connectivity index (χ2v) is 4.97. The summed E-state index contributed by atoms with van der Waals surface area (Å²) in [4.78, 5) is 15.1. The Hall–Kier alpha value is -0.880. The fourth-order valence-corrected chi connectivity index (χ4v) is 2.31. The van der Waals surface area contributed by atoms with Crippen LogP contribution in [-0.2, 0) is 16.1 Å². The summed E-state index contributed by atoms with van der Waals surface area (Å²) in [6, 6.07) is 4.00. The molecule has 4 nitrogen and oxygen atoms in total. The first-order valence-electron chi connectivity index (χ1n) is 5.85. The second kappa shape index (κ2) is 9.97. The van der Waals surface area contributed by atoms with Crippen molar-refractivity contribution >= 4 is 29.7 Å². The number of thiophene rings is 1. The predicted octanol–water partition coefficient (Wildman–Crippen LogP) is 2.05. The van der Waals surface area contributed by atoms with Gasteiger partial charge in [0.25, 0.3) is 0 Å². The molecule has 1 heterocycles. The lowest BCUT2D eigenvalue weighted by atomic mass is 10.2. The Morgan fingerprint density at radius 1 is 1.68 bits per heavy atom. The molecule has 1 aromatic heterocycles. The Labute approximate surface area is 124 Å². The van der Waals surface area contributed by atoms with E-state index in [4.69, 9.17) is 10.5 Å². The van der Waals surface area contributed by atoms with Crippen molar-refractivity contribution in [2.24, 2.45) is 5.73 Å². The largest absolute Gasteiger partial charge is 0.380 e. The van der Waals surface area contributed by atoms with Crippen LogP contribution in [0.3, 0.4) is 0 Å². The number of hydrogen-bond donors (Lipinski definition) is 1. The third-order valence-corrected chi connectivity index (χ3v) is 3.49. The maximum atomic E-state index is 12.1. The van der Waals surface area contributed by atoms with Crippen LogP contribution in [0.4, 0.5) is 0 Å². The molecule has 0 radical (unpaired) electrons. The van der Waals surface area contributed by atoms with Gasteiger partial charge in [-0.1, -0.05) is 12.1 Å². The minimum absolute atomic E-state index is 0. The molecular formula is C13H21ClN2O2S. The van der Waals surface area contributed by atoms with Crippen LogP contribution in [-0.4, -0.2) is 37.1 Å². The molecule has 2 N–H and O–H groups in total. The molecule has 0 aliphatic rings. The van der Waals surface area contributed by atoms with Crippen molar-refractivity contribution in [1.82, 2.24) is 4.90 Å². The van der Waals surface area contributed by atoms with E-state index in [1.54, 1.807) is 29.4 Å². The van der Waals surface area contributed by atoms with Gasteiger partial charge in [-0.15, -0.1) is 30.3 Å². The van der Waals surface area contributed by atoms with Gasteiger partial charge in [0.1, 0.15) is 0 Å². The minimum Gasteiger partial charge on any atom is -0.380 e. The third-order valence-electron chi connectivity index (χ3n) is 2.63. The molecule has 0 aliphatic heterocycles. The fraction of sp³-hybridized carbons (Fsp3) is 0.462. The van der Waals surface area contributed by atoms with Crippen molar-refractivity contribution in [1.29, 1.82) is 0 Å². The maximum absolute atomic E-state index is 12.1. The zero-order valence-corrected chi connectivity index (χ0v) is 12.7. The molecule has 0 fully saturated rings. The van der Waals surface area contributed by atoms with E-state index in [1.807, 2.05) is 17.5 Å². The van der Waals surface area contributed by atoms with Gasteiger partial charge in [-0.3, -0.25) is 4.79 Å². The lowest BCUT2D eigenvalue weighted by Crippen LogP contribution is -2.35. The fourth-order valence-electron chi connectivity index (χ4n) is 1.59. The van der Waals surface area contributed by atoms with E-state index in [9.17, 15) is 4.79 Å². The Bertz CT molecular complexity index is 367. The van der Waals surface area contributed by atoms with Crippen LogP contribution in [0.2, 0.25) is 0 Å². The molecule has 1 atom stereocenters. The summed E-state index contributed by atoms with van der Waals surface area (Å²) in [7, 11) is 1.57. The van der Waals surface area contributed by atoms with Crippen molar-refractivity contribution < 1.29 is 9.53 Å². The van der Waals surface area contributed by atoms with Crippen LogP contribution in [0.1, 0.15) is 11.3 Å². The summed E-state index contributed by atoms with van der Waals surface area (Å²) in [5, 5.41) is 2.00. The summed E-state index contributed by atoms with van der Waals surface area (Å²) in [6.45, 7) is 5.19. The lowest BCUT2D eigenvalue weighted by Gasteiger charge is -2.22. The highest BCUT2D eigenvalue weighted by atomic mass is 35.5. The van der Waals surface area contributed by atoms with E-state index in [2.05, 4.69) is 6.58 Å². The molecule has 108 valence electrons. The molecule has 6 heteroatoms. The number of nitrogens with two attached hydrogens (primary N) is 1. The summed E-state index contributed by atoms with van der Waals surface area (Å²) in [5.74, 6) is 0.0422. The zero-order valence-electron chi connectivity index (χ0n) is 11.1. The highest BCUT2D eigenvalue weighted by Gasteiger charge is 2.17. The summed E-state index contributed by atoms with van der Waals surface area (Å²) in [5.41, 5.74) is 5.53. The Morgan fingerprint density at radius 3 is 2.89 bits per heavy atom. The zero-order chi connectivity index (χ0) is 13.4. The van der Waals surface area contributed by atoms with Gasteiger partial charge < -0.3 is 15.4 Å². The molecular weight excluding hydrogens is 284 g/mol. The molecule has 1 aromatic rings. The highest BCUT2D eigenvalue weighted by Crippen LogP contribution is 2.13. The maximum Gasteiger partial charge on any atom is 0.225 e. The van der Waals surface area contributed by atoms with Crippen molar-refractivity contribution in [3.8, 4) is 0 Å². The first kappa shape index (κ1) is 18.1. The predicted molar refractivity (Wildman–Crippen MR) is 81.6 cm³/mol. The SMILES string of the molecule is C=CCN(Cc1cccs1)C(=O)CC(CN)OC.Cl. The standard InChI is InChI=1S/C13H20N2O2S.ClH/c1-3-6-15(10-12-5-4-7-18-12)13(16)8-11(9-14)17-2;/h3-5,7,11H,1,6,8-10,14H2,2H3;1H. The van der Waals surface area contributed by atoms with Gasteiger partial charge >= 0.3 is 0 Å². The van der Waals surface area contributed by atoms with Crippen molar-refractivity contribution in [2.75, 3.05) is 20.2 Å². The number of amides is 1.